The summed E-state index contributed by atoms with van der Waals surface area (Å²) in [6, 6.07) is 21.1. The van der Waals surface area contributed by atoms with E-state index in [4.69, 9.17) is 23.2 Å². The van der Waals surface area contributed by atoms with Gasteiger partial charge in [0, 0.05) is 11.6 Å². The summed E-state index contributed by atoms with van der Waals surface area (Å²) in [5.74, 6) is -0.906. The lowest BCUT2D eigenvalue weighted by Crippen LogP contribution is -2.26. The highest BCUT2D eigenvalue weighted by Crippen LogP contribution is 2.36. The van der Waals surface area contributed by atoms with Crippen LogP contribution in [0.4, 0.5) is 13.2 Å². The lowest BCUT2D eigenvalue weighted by Gasteiger charge is -2.14. The molecule has 3 aromatic carbocycles. The Hall–Kier alpha value is -3.29. The van der Waals surface area contributed by atoms with Crippen molar-refractivity contribution in [1.29, 1.82) is 0 Å². The average molecular weight is 490 g/mol. The van der Waals surface area contributed by atoms with Crippen molar-refractivity contribution in [3.63, 3.8) is 0 Å². The first kappa shape index (κ1) is 22.9. The molecule has 0 unspecified atom stereocenters. The summed E-state index contributed by atoms with van der Waals surface area (Å²) >= 11 is 12.0. The quantitative estimate of drug-likeness (QED) is 0.335. The van der Waals surface area contributed by atoms with Gasteiger partial charge in [-0.3, -0.25) is 4.79 Å². The third kappa shape index (κ3) is 5.05. The number of rotatable bonds is 5. The molecule has 0 bridgehead atoms. The summed E-state index contributed by atoms with van der Waals surface area (Å²) in [5, 5.41) is 6.52. The van der Waals surface area contributed by atoms with Gasteiger partial charge in [-0.2, -0.15) is 18.3 Å². The number of hydrogen-bond acceptors (Lipinski definition) is 2. The van der Waals surface area contributed by atoms with Gasteiger partial charge in [0.15, 0.2) is 5.69 Å². The van der Waals surface area contributed by atoms with Gasteiger partial charge in [0.05, 0.1) is 22.5 Å². The zero-order valence-corrected chi connectivity index (χ0v) is 18.4. The van der Waals surface area contributed by atoms with Crippen molar-refractivity contribution in [3.8, 4) is 16.8 Å². The van der Waals surface area contributed by atoms with E-state index in [-0.39, 0.29) is 22.3 Å². The standard InChI is InChI=1S/C24H16Cl2F3N3O/c25-18-9-10-20(26)21(12-18)32-22(24(27,28)29)19(14-31-32)23(33)30-13-15-5-4-8-17(11-15)16-6-2-1-3-7-16/h1-12,14H,13H2,(H,30,33). The number of halogens is 5. The maximum atomic E-state index is 13.9. The zero-order chi connectivity index (χ0) is 23.6. The molecular formula is C24H16Cl2F3N3O. The van der Waals surface area contributed by atoms with Crippen LogP contribution in [0.5, 0.6) is 0 Å². The SMILES string of the molecule is O=C(NCc1cccc(-c2ccccc2)c1)c1cnn(-c2cc(Cl)ccc2Cl)c1C(F)(F)F. The fraction of sp³-hybridized carbons (Fsp3) is 0.0833. The third-order valence-corrected chi connectivity index (χ3v) is 5.46. The molecule has 1 aromatic heterocycles. The Morgan fingerprint density at radius 1 is 0.939 bits per heavy atom. The van der Waals surface area contributed by atoms with E-state index in [9.17, 15) is 18.0 Å². The van der Waals surface area contributed by atoms with Crippen LogP contribution in [0, 0.1) is 0 Å². The molecule has 4 rings (SSSR count). The number of hydrogen-bond donors (Lipinski definition) is 1. The molecule has 4 aromatic rings. The maximum absolute atomic E-state index is 13.9. The molecule has 0 atom stereocenters. The van der Waals surface area contributed by atoms with Gasteiger partial charge in [-0.15, -0.1) is 0 Å². The van der Waals surface area contributed by atoms with E-state index in [1.807, 2.05) is 48.5 Å². The van der Waals surface area contributed by atoms with E-state index >= 15 is 0 Å². The van der Waals surface area contributed by atoms with Gasteiger partial charge in [-0.1, -0.05) is 71.7 Å². The van der Waals surface area contributed by atoms with Crippen LogP contribution in [0.1, 0.15) is 21.6 Å². The molecule has 0 spiro atoms. The minimum absolute atomic E-state index is 0.0117. The molecule has 0 saturated carbocycles. The van der Waals surface area contributed by atoms with Crippen molar-refractivity contribution in [2.45, 2.75) is 12.7 Å². The lowest BCUT2D eigenvalue weighted by molar-refractivity contribution is -0.143. The molecule has 33 heavy (non-hydrogen) atoms. The van der Waals surface area contributed by atoms with Gasteiger partial charge in [-0.05, 0) is 41.0 Å². The fourth-order valence-corrected chi connectivity index (χ4v) is 3.75. The largest absolute Gasteiger partial charge is 0.434 e. The van der Waals surface area contributed by atoms with Gasteiger partial charge in [0.1, 0.15) is 0 Å². The van der Waals surface area contributed by atoms with Crippen LogP contribution in [0.2, 0.25) is 10.0 Å². The summed E-state index contributed by atoms with van der Waals surface area (Å²) in [5.41, 5.74) is 0.737. The first-order valence-electron chi connectivity index (χ1n) is 9.77. The Bertz CT molecular complexity index is 1300. The molecule has 0 fully saturated rings. The van der Waals surface area contributed by atoms with Crippen LogP contribution in [-0.2, 0) is 12.7 Å². The van der Waals surface area contributed by atoms with E-state index in [2.05, 4.69) is 10.4 Å². The predicted molar refractivity (Wildman–Crippen MR) is 122 cm³/mol. The minimum Gasteiger partial charge on any atom is -0.348 e. The summed E-state index contributed by atoms with van der Waals surface area (Å²) in [6.45, 7) is 0.0416. The highest BCUT2D eigenvalue weighted by atomic mass is 35.5. The normalized spacial score (nSPS) is 11.4. The number of carbonyl (C=O) groups excluding carboxylic acids is 1. The number of aromatic nitrogens is 2. The molecule has 0 saturated heterocycles. The van der Waals surface area contributed by atoms with Gasteiger partial charge in [-0.25, -0.2) is 4.68 Å². The smallest absolute Gasteiger partial charge is 0.348 e. The number of benzene rings is 3. The molecule has 4 nitrogen and oxygen atoms in total. The summed E-state index contributed by atoms with van der Waals surface area (Å²) in [4.78, 5) is 12.7. The third-order valence-electron chi connectivity index (χ3n) is 4.91. The topological polar surface area (TPSA) is 46.9 Å². The van der Waals surface area contributed by atoms with Gasteiger partial charge in [0.2, 0.25) is 0 Å². The minimum atomic E-state index is -4.86. The second-order valence-electron chi connectivity index (χ2n) is 7.16. The molecular weight excluding hydrogens is 474 g/mol. The molecule has 1 amide bonds. The highest BCUT2D eigenvalue weighted by molar-refractivity contribution is 6.34. The molecule has 1 heterocycles. The molecule has 0 aliphatic heterocycles. The monoisotopic (exact) mass is 489 g/mol. The number of carbonyl (C=O) groups is 1. The van der Waals surface area contributed by atoms with Crippen LogP contribution in [0.3, 0.4) is 0 Å². The van der Waals surface area contributed by atoms with Crippen molar-refractivity contribution in [3.05, 3.63) is 106 Å². The predicted octanol–water partition coefficient (Wildman–Crippen LogP) is 6.79. The number of alkyl halides is 3. The average Bonchev–Trinajstić information content (AvgIpc) is 3.26. The summed E-state index contributed by atoms with van der Waals surface area (Å²) in [7, 11) is 0. The van der Waals surface area contributed by atoms with Crippen molar-refractivity contribution < 1.29 is 18.0 Å². The summed E-state index contributed by atoms with van der Waals surface area (Å²) < 4.78 is 42.3. The van der Waals surface area contributed by atoms with E-state index in [0.29, 0.717) is 4.68 Å². The Morgan fingerprint density at radius 3 is 2.39 bits per heavy atom. The second-order valence-corrected chi connectivity index (χ2v) is 8.00. The van der Waals surface area contributed by atoms with E-state index in [1.165, 1.54) is 18.2 Å². The van der Waals surface area contributed by atoms with Gasteiger partial charge < -0.3 is 5.32 Å². The Kier molecular flexibility index (Phi) is 6.44. The Labute approximate surface area is 197 Å². The highest BCUT2D eigenvalue weighted by Gasteiger charge is 2.40. The molecule has 168 valence electrons. The van der Waals surface area contributed by atoms with E-state index < -0.39 is 23.3 Å². The van der Waals surface area contributed by atoms with Crippen molar-refractivity contribution in [2.75, 3.05) is 0 Å². The van der Waals surface area contributed by atoms with Crippen LogP contribution in [0.15, 0.2) is 79.0 Å². The first-order chi connectivity index (χ1) is 15.7. The van der Waals surface area contributed by atoms with E-state index in [0.717, 1.165) is 22.9 Å². The molecule has 0 radical (unpaired) electrons. The first-order valence-corrected chi connectivity index (χ1v) is 10.5. The number of amides is 1. The number of nitrogens with one attached hydrogen (secondary N) is 1. The Morgan fingerprint density at radius 2 is 1.67 bits per heavy atom. The molecule has 1 N–H and O–H groups in total. The van der Waals surface area contributed by atoms with Crippen molar-refractivity contribution in [2.24, 2.45) is 0 Å². The van der Waals surface area contributed by atoms with Crippen LogP contribution in [-0.4, -0.2) is 15.7 Å². The van der Waals surface area contributed by atoms with Crippen LogP contribution >= 0.6 is 23.2 Å². The fourth-order valence-electron chi connectivity index (χ4n) is 3.39. The zero-order valence-electron chi connectivity index (χ0n) is 16.9. The molecule has 9 heteroatoms. The molecule has 0 aliphatic carbocycles. The van der Waals surface area contributed by atoms with Gasteiger partial charge in [0.25, 0.3) is 5.91 Å². The lowest BCUT2D eigenvalue weighted by atomic mass is 10.0. The van der Waals surface area contributed by atoms with Crippen LogP contribution in [0.25, 0.3) is 16.8 Å². The van der Waals surface area contributed by atoms with Crippen LogP contribution < -0.4 is 5.32 Å². The second kappa shape index (κ2) is 9.29. The maximum Gasteiger partial charge on any atom is 0.434 e. The van der Waals surface area contributed by atoms with E-state index in [1.54, 1.807) is 6.07 Å². The van der Waals surface area contributed by atoms with Gasteiger partial charge >= 0.3 is 6.18 Å². The van der Waals surface area contributed by atoms with Crippen molar-refractivity contribution >= 4 is 29.1 Å². The number of nitrogens with zero attached hydrogens (tertiary/aromatic N) is 2. The molecule has 0 aliphatic rings. The van der Waals surface area contributed by atoms with Crippen molar-refractivity contribution in [1.82, 2.24) is 15.1 Å². The Balaban J connectivity index is 1.61. The summed E-state index contributed by atoms with van der Waals surface area (Å²) in [6.07, 6.45) is -3.99.